The highest BCUT2D eigenvalue weighted by Gasteiger charge is 2.15. The molecule has 0 bridgehead atoms. The number of carbonyl (C=O) groups excluding carboxylic acids is 1. The second-order valence-corrected chi connectivity index (χ2v) is 4.21. The molecule has 1 amide bonds. The minimum absolute atomic E-state index is 0.216. The number of aryl methyl sites for hydroxylation is 1. The normalized spacial score (nSPS) is 12.1. The Morgan fingerprint density at radius 1 is 1.44 bits per heavy atom. The third-order valence-corrected chi connectivity index (χ3v) is 2.71. The molecule has 1 heterocycles. The van der Waals surface area contributed by atoms with Crippen molar-refractivity contribution in [3.8, 4) is 0 Å². The lowest BCUT2D eigenvalue weighted by atomic mass is 10.1. The van der Waals surface area contributed by atoms with E-state index in [0.717, 1.165) is 11.1 Å². The van der Waals surface area contributed by atoms with Crippen molar-refractivity contribution >= 4 is 11.7 Å². The summed E-state index contributed by atoms with van der Waals surface area (Å²) in [4.78, 5) is 11.9. The molecule has 0 aliphatic rings. The summed E-state index contributed by atoms with van der Waals surface area (Å²) in [6, 6.07) is 9.12. The number of nitrogens with two attached hydrogens (primary N) is 1. The van der Waals surface area contributed by atoms with Gasteiger partial charge in [-0.15, -0.1) is 0 Å². The highest BCUT2D eigenvalue weighted by atomic mass is 16.2. The van der Waals surface area contributed by atoms with Gasteiger partial charge in [-0.3, -0.25) is 9.89 Å². The maximum Gasteiger partial charge on any atom is 0.242 e. The zero-order valence-electron chi connectivity index (χ0n) is 10.2. The molecule has 1 unspecified atom stereocenters. The van der Waals surface area contributed by atoms with Crippen molar-refractivity contribution in [1.29, 1.82) is 0 Å². The summed E-state index contributed by atoms with van der Waals surface area (Å²) in [6.45, 7) is 1.86. The van der Waals surface area contributed by atoms with Gasteiger partial charge in [-0.05, 0) is 18.9 Å². The fourth-order valence-electron chi connectivity index (χ4n) is 1.65. The van der Waals surface area contributed by atoms with Crippen LogP contribution < -0.4 is 11.1 Å². The summed E-state index contributed by atoms with van der Waals surface area (Å²) in [5, 5.41) is 9.28. The lowest BCUT2D eigenvalue weighted by Crippen LogP contribution is -2.37. The van der Waals surface area contributed by atoms with Gasteiger partial charge in [0.05, 0.1) is 12.2 Å². The Morgan fingerprint density at radius 2 is 2.17 bits per heavy atom. The number of benzene rings is 1. The highest BCUT2D eigenvalue weighted by molar-refractivity contribution is 5.94. The highest BCUT2D eigenvalue weighted by Crippen LogP contribution is 2.09. The Kier molecular flexibility index (Phi) is 3.74. The molecule has 18 heavy (non-hydrogen) atoms. The summed E-state index contributed by atoms with van der Waals surface area (Å²) in [6.07, 6.45) is 2.16. The van der Waals surface area contributed by atoms with Crippen LogP contribution in [-0.4, -0.2) is 22.1 Å². The first-order chi connectivity index (χ1) is 8.66. The van der Waals surface area contributed by atoms with Crippen LogP contribution in [0.5, 0.6) is 0 Å². The predicted molar refractivity (Wildman–Crippen MR) is 70.1 cm³/mol. The number of amides is 1. The zero-order chi connectivity index (χ0) is 13.0. The van der Waals surface area contributed by atoms with Gasteiger partial charge in [0.2, 0.25) is 5.91 Å². The average molecular weight is 244 g/mol. The molecule has 1 aromatic carbocycles. The third-order valence-electron chi connectivity index (χ3n) is 2.71. The number of anilines is 1. The molecule has 1 atom stereocenters. The van der Waals surface area contributed by atoms with Gasteiger partial charge < -0.3 is 11.1 Å². The van der Waals surface area contributed by atoms with E-state index in [1.54, 1.807) is 6.20 Å². The van der Waals surface area contributed by atoms with Crippen LogP contribution in [0.3, 0.4) is 0 Å². The standard InChI is InChI=1S/C13H16N4O/c1-9-8-15-17-12(9)16-13(18)11(14)7-10-5-3-2-4-6-10/h2-6,8,11H,7,14H2,1H3,(H2,15,16,17,18). The summed E-state index contributed by atoms with van der Waals surface area (Å²) < 4.78 is 0. The molecule has 94 valence electrons. The summed E-state index contributed by atoms with van der Waals surface area (Å²) in [5.41, 5.74) is 7.80. The molecule has 0 saturated heterocycles. The van der Waals surface area contributed by atoms with E-state index in [9.17, 15) is 4.79 Å². The number of aromatic amines is 1. The van der Waals surface area contributed by atoms with E-state index >= 15 is 0 Å². The monoisotopic (exact) mass is 244 g/mol. The molecular formula is C13H16N4O. The minimum atomic E-state index is -0.574. The lowest BCUT2D eigenvalue weighted by molar-refractivity contribution is -0.117. The lowest BCUT2D eigenvalue weighted by Gasteiger charge is -2.11. The van der Waals surface area contributed by atoms with Crippen LogP contribution in [0.1, 0.15) is 11.1 Å². The van der Waals surface area contributed by atoms with Gasteiger partial charge >= 0.3 is 0 Å². The van der Waals surface area contributed by atoms with Crippen molar-refractivity contribution in [3.63, 3.8) is 0 Å². The largest absolute Gasteiger partial charge is 0.320 e. The molecule has 2 rings (SSSR count). The summed E-state index contributed by atoms with van der Waals surface area (Å²) in [5.74, 6) is 0.384. The topological polar surface area (TPSA) is 83.8 Å². The number of aromatic nitrogens is 2. The van der Waals surface area contributed by atoms with E-state index in [1.165, 1.54) is 0 Å². The smallest absolute Gasteiger partial charge is 0.242 e. The van der Waals surface area contributed by atoms with Crippen molar-refractivity contribution in [3.05, 3.63) is 47.7 Å². The van der Waals surface area contributed by atoms with Crippen molar-refractivity contribution in [2.24, 2.45) is 5.73 Å². The van der Waals surface area contributed by atoms with Crippen molar-refractivity contribution < 1.29 is 4.79 Å². The molecule has 0 radical (unpaired) electrons. The Bertz CT molecular complexity index is 521. The second-order valence-electron chi connectivity index (χ2n) is 4.21. The molecule has 1 aromatic heterocycles. The van der Waals surface area contributed by atoms with Crippen LogP contribution in [0.4, 0.5) is 5.82 Å². The molecule has 0 saturated carbocycles. The number of nitrogens with one attached hydrogen (secondary N) is 2. The molecule has 0 aliphatic heterocycles. The number of hydrogen-bond acceptors (Lipinski definition) is 3. The van der Waals surface area contributed by atoms with E-state index in [2.05, 4.69) is 15.5 Å². The SMILES string of the molecule is Cc1cn[nH]c1NC(=O)C(N)Cc1ccccc1. The van der Waals surface area contributed by atoms with Crippen LogP contribution >= 0.6 is 0 Å². The number of H-pyrrole nitrogens is 1. The minimum Gasteiger partial charge on any atom is -0.320 e. The number of rotatable bonds is 4. The molecule has 4 N–H and O–H groups in total. The van der Waals surface area contributed by atoms with E-state index in [0.29, 0.717) is 12.2 Å². The van der Waals surface area contributed by atoms with Gasteiger partial charge in [-0.1, -0.05) is 30.3 Å². The molecule has 0 aliphatic carbocycles. The molecule has 0 fully saturated rings. The average Bonchev–Trinajstić information content (AvgIpc) is 2.76. The van der Waals surface area contributed by atoms with Crippen LogP contribution in [0.2, 0.25) is 0 Å². The maximum absolute atomic E-state index is 11.9. The van der Waals surface area contributed by atoms with E-state index in [4.69, 9.17) is 5.73 Å². The first-order valence-corrected chi connectivity index (χ1v) is 5.77. The van der Waals surface area contributed by atoms with Crippen molar-refractivity contribution in [1.82, 2.24) is 10.2 Å². The summed E-state index contributed by atoms with van der Waals surface area (Å²) >= 11 is 0. The van der Waals surface area contributed by atoms with Gasteiger partial charge in [0, 0.05) is 5.56 Å². The maximum atomic E-state index is 11.9. The quantitative estimate of drug-likeness (QED) is 0.756. The van der Waals surface area contributed by atoms with E-state index in [-0.39, 0.29) is 5.91 Å². The number of nitrogens with zero attached hydrogens (tertiary/aromatic N) is 1. The second kappa shape index (κ2) is 5.46. The first-order valence-electron chi connectivity index (χ1n) is 5.77. The van der Waals surface area contributed by atoms with Gasteiger partial charge in [0.1, 0.15) is 5.82 Å². The zero-order valence-corrected chi connectivity index (χ0v) is 10.2. The number of carbonyl (C=O) groups is 1. The van der Waals surface area contributed by atoms with Crippen LogP contribution in [0.15, 0.2) is 36.5 Å². The fourth-order valence-corrected chi connectivity index (χ4v) is 1.65. The Morgan fingerprint density at radius 3 is 2.78 bits per heavy atom. The van der Waals surface area contributed by atoms with E-state index in [1.807, 2.05) is 37.3 Å². The molecule has 5 heteroatoms. The fraction of sp³-hybridized carbons (Fsp3) is 0.231. The van der Waals surface area contributed by atoms with Gasteiger partial charge in [0.15, 0.2) is 0 Å². The third kappa shape index (κ3) is 2.95. The molecular weight excluding hydrogens is 228 g/mol. The van der Waals surface area contributed by atoms with Crippen LogP contribution in [0, 0.1) is 6.92 Å². The Labute approximate surface area is 105 Å². The molecule has 2 aromatic rings. The van der Waals surface area contributed by atoms with Gasteiger partial charge in [-0.25, -0.2) is 0 Å². The number of hydrogen-bond donors (Lipinski definition) is 3. The van der Waals surface area contributed by atoms with E-state index < -0.39 is 6.04 Å². The molecule has 0 spiro atoms. The predicted octanol–water partition coefficient (Wildman–Crippen LogP) is 1.23. The van der Waals surface area contributed by atoms with Crippen molar-refractivity contribution in [2.75, 3.05) is 5.32 Å². The van der Waals surface area contributed by atoms with Crippen LogP contribution in [-0.2, 0) is 11.2 Å². The first kappa shape index (κ1) is 12.3. The summed E-state index contributed by atoms with van der Waals surface area (Å²) in [7, 11) is 0. The van der Waals surface area contributed by atoms with Gasteiger partial charge in [0.25, 0.3) is 0 Å². The molecule has 5 nitrogen and oxygen atoms in total. The Balaban J connectivity index is 1.95. The van der Waals surface area contributed by atoms with Crippen LogP contribution in [0.25, 0.3) is 0 Å². The Hall–Kier alpha value is -2.14. The van der Waals surface area contributed by atoms with Crippen molar-refractivity contribution in [2.45, 2.75) is 19.4 Å². The van der Waals surface area contributed by atoms with Gasteiger partial charge in [-0.2, -0.15) is 5.10 Å².